The van der Waals surface area contributed by atoms with Crippen molar-refractivity contribution < 1.29 is 28.5 Å². The summed E-state index contributed by atoms with van der Waals surface area (Å²) in [5.41, 5.74) is 4.38. The van der Waals surface area contributed by atoms with E-state index in [1.807, 2.05) is 128 Å². The van der Waals surface area contributed by atoms with E-state index >= 15 is 0 Å². The molecule has 0 amide bonds. The number of carbonyl (C=O) groups excluding carboxylic acids is 2. The van der Waals surface area contributed by atoms with E-state index in [0.717, 1.165) is 28.0 Å². The van der Waals surface area contributed by atoms with Crippen LogP contribution < -0.4 is 14.2 Å². The molecule has 0 aliphatic heterocycles. The quantitative estimate of drug-likeness (QED) is 0.112. The summed E-state index contributed by atoms with van der Waals surface area (Å²) in [7, 11) is 0. The molecule has 5 aromatic carbocycles. The average molecular weight is 694 g/mol. The summed E-state index contributed by atoms with van der Waals surface area (Å²) >= 11 is 0. The van der Waals surface area contributed by atoms with Crippen LogP contribution in [0.4, 0.5) is 4.79 Å². The topological polar surface area (TPSA) is 76.0 Å². The van der Waals surface area contributed by atoms with Gasteiger partial charge in [-0.15, -0.1) is 0 Å². The first-order chi connectivity index (χ1) is 25.1. The Morgan fingerprint density at radius 3 is 1.65 bits per heavy atom. The van der Waals surface area contributed by atoms with Crippen molar-refractivity contribution in [1.29, 1.82) is 0 Å². The van der Waals surface area contributed by atoms with Crippen LogP contribution in [-0.2, 0) is 24.6 Å². The number of hydrogen-bond acceptors (Lipinski definition) is 6. The normalized spacial score (nSPS) is 11.8. The third-order valence-electron chi connectivity index (χ3n) is 8.47. The highest BCUT2D eigenvalue weighted by Gasteiger charge is 2.28. The lowest BCUT2D eigenvalue weighted by molar-refractivity contribution is 0.0524. The number of aromatic nitrogens is 1. The van der Waals surface area contributed by atoms with Gasteiger partial charge in [-0.05, 0) is 85.5 Å². The maximum absolute atomic E-state index is 14.3. The summed E-state index contributed by atoms with van der Waals surface area (Å²) in [5.74, 6) is 1.05. The zero-order valence-corrected chi connectivity index (χ0v) is 30.0. The molecule has 0 fully saturated rings. The molecule has 264 valence electrons. The van der Waals surface area contributed by atoms with Gasteiger partial charge in [0, 0.05) is 17.2 Å². The Kier molecular flexibility index (Phi) is 11.2. The Labute approximate surface area is 305 Å². The summed E-state index contributed by atoms with van der Waals surface area (Å²) in [6.07, 6.45) is -0.631. The maximum Gasteiger partial charge on any atom is 0.419 e. The van der Waals surface area contributed by atoms with Gasteiger partial charge >= 0.3 is 6.09 Å². The molecular formula is C45H43NO6. The van der Waals surface area contributed by atoms with E-state index in [1.165, 1.54) is 4.57 Å². The van der Waals surface area contributed by atoms with Crippen LogP contribution >= 0.6 is 0 Å². The highest BCUT2D eigenvalue weighted by Crippen LogP contribution is 2.33. The van der Waals surface area contributed by atoms with Crippen molar-refractivity contribution in [3.8, 4) is 17.2 Å². The second-order valence-electron chi connectivity index (χ2n) is 13.6. The first-order valence-corrected chi connectivity index (χ1v) is 17.4. The van der Waals surface area contributed by atoms with Crippen LogP contribution in [0, 0.1) is 0 Å². The third-order valence-corrected chi connectivity index (χ3v) is 8.47. The highest BCUT2D eigenvalue weighted by atomic mass is 16.6. The van der Waals surface area contributed by atoms with E-state index in [0.29, 0.717) is 36.0 Å². The van der Waals surface area contributed by atoms with Crippen molar-refractivity contribution in [1.82, 2.24) is 4.57 Å². The van der Waals surface area contributed by atoms with Gasteiger partial charge in [0.1, 0.15) is 36.9 Å². The molecule has 0 spiro atoms. The van der Waals surface area contributed by atoms with E-state index in [4.69, 9.17) is 18.9 Å². The minimum absolute atomic E-state index is 0.186. The van der Waals surface area contributed by atoms with Crippen LogP contribution in [0.3, 0.4) is 0 Å². The predicted octanol–water partition coefficient (Wildman–Crippen LogP) is 10.4. The molecule has 0 bridgehead atoms. The number of rotatable bonds is 13. The van der Waals surface area contributed by atoms with Gasteiger partial charge in [-0.2, -0.15) is 0 Å². The van der Waals surface area contributed by atoms with E-state index in [9.17, 15) is 9.59 Å². The molecule has 0 saturated carbocycles. The number of hydrogen-bond donors (Lipinski definition) is 0. The Morgan fingerprint density at radius 1 is 0.596 bits per heavy atom. The van der Waals surface area contributed by atoms with Gasteiger partial charge in [-0.1, -0.05) is 110 Å². The van der Waals surface area contributed by atoms with Crippen molar-refractivity contribution >= 4 is 11.9 Å². The molecule has 0 saturated heterocycles. The molecule has 7 heteroatoms. The van der Waals surface area contributed by atoms with Crippen molar-refractivity contribution in [3.63, 3.8) is 0 Å². The molecule has 6 rings (SSSR count). The van der Waals surface area contributed by atoms with Gasteiger partial charge in [0.15, 0.2) is 11.5 Å². The monoisotopic (exact) mass is 693 g/mol. The zero-order chi connectivity index (χ0) is 36.5. The molecule has 0 aliphatic rings. The number of carbonyl (C=O) groups is 2. The molecule has 1 unspecified atom stereocenters. The summed E-state index contributed by atoms with van der Waals surface area (Å²) in [5, 5.41) is 0. The number of ketones is 1. The summed E-state index contributed by atoms with van der Waals surface area (Å²) in [6, 6.07) is 46.0. The van der Waals surface area contributed by atoms with Gasteiger partial charge in [0.25, 0.3) is 0 Å². The van der Waals surface area contributed by atoms with Crippen LogP contribution in [0.5, 0.6) is 17.2 Å². The van der Waals surface area contributed by atoms with Gasteiger partial charge in [0.05, 0.1) is 0 Å². The standard InChI is InChI=1S/C45H43NO6/c1-32(36-20-23-38(24-21-36)49-29-33-14-8-5-9-15-33)39-25-26-40(46(39)44(48)52-45(2,3)4)43(47)37-22-27-41(50-30-34-16-10-6-11-17-34)42(28-37)51-31-35-18-12-7-13-19-35/h5-28,32H,29-31H2,1-4H3. The molecule has 1 aromatic heterocycles. The van der Waals surface area contributed by atoms with Crippen molar-refractivity contribution in [2.75, 3.05) is 0 Å². The Hall–Kier alpha value is -6.08. The smallest absolute Gasteiger partial charge is 0.419 e. The Morgan fingerprint density at radius 2 is 1.12 bits per heavy atom. The fourth-order valence-corrected chi connectivity index (χ4v) is 5.74. The second kappa shape index (κ2) is 16.3. The molecule has 52 heavy (non-hydrogen) atoms. The number of benzene rings is 5. The van der Waals surface area contributed by atoms with Gasteiger partial charge < -0.3 is 18.9 Å². The third kappa shape index (κ3) is 9.17. The lowest BCUT2D eigenvalue weighted by atomic mass is 9.97. The van der Waals surface area contributed by atoms with E-state index in [2.05, 4.69) is 0 Å². The fraction of sp³-hybridized carbons (Fsp3) is 0.200. The molecule has 1 atom stereocenters. The molecule has 0 aliphatic carbocycles. The first kappa shape index (κ1) is 35.7. The van der Waals surface area contributed by atoms with Gasteiger partial charge in [-0.3, -0.25) is 4.79 Å². The molecule has 7 nitrogen and oxygen atoms in total. The van der Waals surface area contributed by atoms with Crippen molar-refractivity contribution in [2.24, 2.45) is 0 Å². The maximum atomic E-state index is 14.3. The van der Waals surface area contributed by atoms with E-state index in [-0.39, 0.29) is 24.0 Å². The van der Waals surface area contributed by atoms with Crippen LogP contribution in [-0.4, -0.2) is 22.0 Å². The van der Waals surface area contributed by atoms with Crippen LogP contribution in [0.15, 0.2) is 146 Å². The first-order valence-electron chi connectivity index (χ1n) is 17.4. The second-order valence-corrected chi connectivity index (χ2v) is 13.6. The summed E-state index contributed by atoms with van der Waals surface area (Å²) in [6.45, 7) is 8.48. The molecule has 6 aromatic rings. The Bertz CT molecular complexity index is 2080. The number of ether oxygens (including phenoxy) is 4. The minimum atomic E-state index is -0.782. The van der Waals surface area contributed by atoms with Gasteiger partial charge in [0.2, 0.25) is 5.78 Å². The molecule has 0 radical (unpaired) electrons. The average Bonchev–Trinajstić information content (AvgIpc) is 3.61. The predicted molar refractivity (Wildman–Crippen MR) is 202 cm³/mol. The zero-order valence-electron chi connectivity index (χ0n) is 30.0. The van der Waals surface area contributed by atoms with Crippen LogP contribution in [0.25, 0.3) is 0 Å². The minimum Gasteiger partial charge on any atom is -0.489 e. The Balaban J connectivity index is 1.29. The molecule has 0 N–H and O–H groups in total. The number of nitrogens with zero attached hydrogens (tertiary/aromatic N) is 1. The molecular weight excluding hydrogens is 650 g/mol. The summed E-state index contributed by atoms with van der Waals surface area (Å²) in [4.78, 5) is 28.2. The van der Waals surface area contributed by atoms with E-state index < -0.39 is 11.7 Å². The fourth-order valence-electron chi connectivity index (χ4n) is 5.74. The lowest BCUT2D eigenvalue weighted by Crippen LogP contribution is -2.30. The van der Waals surface area contributed by atoms with Crippen LogP contribution in [0.2, 0.25) is 0 Å². The summed E-state index contributed by atoms with van der Waals surface area (Å²) < 4.78 is 25.6. The van der Waals surface area contributed by atoms with E-state index in [1.54, 1.807) is 45.0 Å². The van der Waals surface area contributed by atoms with Gasteiger partial charge in [-0.25, -0.2) is 9.36 Å². The highest BCUT2D eigenvalue weighted by molar-refractivity contribution is 6.10. The SMILES string of the molecule is CC(c1ccc(OCc2ccccc2)cc1)c1ccc(C(=O)c2ccc(OCc3ccccc3)c(OCc3ccccc3)c2)n1C(=O)OC(C)(C)C. The molecule has 1 heterocycles. The van der Waals surface area contributed by atoms with Crippen LogP contribution in [0.1, 0.15) is 77.6 Å². The van der Waals surface area contributed by atoms with Crippen molar-refractivity contribution in [3.05, 3.63) is 185 Å². The largest absolute Gasteiger partial charge is 0.489 e. The lowest BCUT2D eigenvalue weighted by Gasteiger charge is -2.23. The van der Waals surface area contributed by atoms with Crippen molar-refractivity contribution in [2.45, 2.75) is 59.0 Å².